The summed E-state index contributed by atoms with van der Waals surface area (Å²) in [6.45, 7) is 4.29. The molecule has 0 aliphatic heterocycles. The number of hydrogen-bond acceptors (Lipinski definition) is 5. The number of halogens is 3. The van der Waals surface area contributed by atoms with E-state index in [1.165, 1.54) is 19.1 Å². The van der Waals surface area contributed by atoms with Crippen molar-refractivity contribution >= 4 is 10.9 Å². The molecular weight excluding hydrogens is 351 g/mol. The van der Waals surface area contributed by atoms with Crippen molar-refractivity contribution < 1.29 is 22.8 Å². The molecule has 1 N–H and O–H groups in total. The Balaban J connectivity index is 2.04. The first-order valence-corrected chi connectivity index (χ1v) is 7.74. The van der Waals surface area contributed by atoms with Crippen LogP contribution < -0.4 is 5.56 Å². The minimum atomic E-state index is -4.53. The second-order valence-corrected chi connectivity index (χ2v) is 6.36. The third kappa shape index (κ3) is 3.10. The second-order valence-electron chi connectivity index (χ2n) is 6.36. The van der Waals surface area contributed by atoms with E-state index >= 15 is 0 Å². The first-order valence-electron chi connectivity index (χ1n) is 7.74. The monoisotopic (exact) mass is 367 g/mol. The minimum Gasteiger partial charge on any atom is -0.384 e. The molecule has 0 radical (unpaired) electrons. The lowest BCUT2D eigenvalue weighted by atomic mass is 9.94. The maximum atomic E-state index is 12.9. The number of nitrogens with zero attached hydrogens (tertiary/aromatic N) is 3. The number of fused-ring (bicyclic) bond motifs is 1. The fourth-order valence-corrected chi connectivity index (χ4v) is 2.86. The van der Waals surface area contributed by atoms with Gasteiger partial charge in [-0.15, -0.1) is 0 Å². The van der Waals surface area contributed by atoms with Gasteiger partial charge < -0.3 is 9.63 Å². The van der Waals surface area contributed by atoms with Gasteiger partial charge in [0.1, 0.15) is 11.4 Å². The van der Waals surface area contributed by atoms with Crippen molar-refractivity contribution in [2.75, 3.05) is 0 Å². The van der Waals surface area contributed by atoms with Gasteiger partial charge in [-0.2, -0.15) is 18.3 Å². The highest BCUT2D eigenvalue weighted by Crippen LogP contribution is 2.32. The molecule has 1 aromatic carbocycles. The van der Waals surface area contributed by atoms with Crippen molar-refractivity contribution in [2.24, 2.45) is 0 Å². The van der Waals surface area contributed by atoms with E-state index < -0.39 is 22.9 Å². The molecule has 1 atom stereocenters. The Morgan fingerprint density at radius 1 is 1.23 bits per heavy atom. The Kier molecular flexibility index (Phi) is 4.14. The molecule has 2 heterocycles. The number of hydrogen-bond donors (Lipinski definition) is 1. The van der Waals surface area contributed by atoms with Crippen LogP contribution >= 0.6 is 0 Å². The normalized spacial score (nSPS) is 14.6. The highest BCUT2D eigenvalue weighted by atomic mass is 19.4. The van der Waals surface area contributed by atoms with Gasteiger partial charge in [0.05, 0.1) is 23.2 Å². The van der Waals surface area contributed by atoms with Crippen molar-refractivity contribution in [2.45, 2.75) is 39.1 Å². The van der Waals surface area contributed by atoms with E-state index in [2.05, 4.69) is 10.3 Å². The highest BCUT2D eigenvalue weighted by Gasteiger charge is 2.33. The van der Waals surface area contributed by atoms with E-state index in [4.69, 9.17) is 4.52 Å². The number of aryl methyl sites for hydroxylation is 2. The van der Waals surface area contributed by atoms with E-state index in [0.29, 0.717) is 16.8 Å². The van der Waals surface area contributed by atoms with Gasteiger partial charge in [0, 0.05) is 0 Å². The molecule has 0 bridgehead atoms. The maximum absolute atomic E-state index is 12.9. The molecule has 6 nitrogen and oxygen atoms in total. The lowest BCUT2D eigenvalue weighted by molar-refractivity contribution is -0.137. The fourth-order valence-electron chi connectivity index (χ4n) is 2.86. The summed E-state index contributed by atoms with van der Waals surface area (Å²) in [5, 5.41) is 19.0. The summed E-state index contributed by atoms with van der Waals surface area (Å²) in [6, 6.07) is 4.35. The van der Waals surface area contributed by atoms with Crippen LogP contribution in [0, 0.1) is 13.8 Å². The Labute approximate surface area is 145 Å². The van der Waals surface area contributed by atoms with Gasteiger partial charge in [0.15, 0.2) is 5.52 Å². The summed E-state index contributed by atoms with van der Waals surface area (Å²) < 4.78 is 44.7. The molecule has 0 aliphatic rings. The first kappa shape index (κ1) is 18.1. The quantitative estimate of drug-likeness (QED) is 0.770. The van der Waals surface area contributed by atoms with E-state index in [-0.39, 0.29) is 17.6 Å². The standard InChI is InChI=1S/C17H16F3N3O3/c1-9-13-10(2)26-22-14(13)15(24)23(21-9)8-16(3,25)11-5-4-6-12(7-11)17(18,19)20/h4-7,25H,8H2,1-3H3. The Hall–Kier alpha value is -2.68. The predicted molar refractivity (Wildman–Crippen MR) is 86.6 cm³/mol. The topological polar surface area (TPSA) is 81.1 Å². The van der Waals surface area contributed by atoms with Crippen LogP contribution in [0.1, 0.15) is 29.5 Å². The van der Waals surface area contributed by atoms with E-state index in [1.807, 2.05) is 0 Å². The molecule has 0 fully saturated rings. The molecule has 26 heavy (non-hydrogen) atoms. The molecule has 0 amide bonds. The number of aliphatic hydroxyl groups is 1. The third-order valence-corrected chi connectivity index (χ3v) is 4.20. The zero-order valence-electron chi connectivity index (χ0n) is 14.3. The molecule has 3 rings (SSSR count). The summed E-state index contributed by atoms with van der Waals surface area (Å²) in [4.78, 5) is 12.5. The van der Waals surface area contributed by atoms with Crippen LogP contribution in [-0.4, -0.2) is 20.0 Å². The molecule has 3 aromatic rings. The molecule has 1 unspecified atom stereocenters. The summed E-state index contributed by atoms with van der Waals surface area (Å²) in [7, 11) is 0. The fraction of sp³-hybridized carbons (Fsp3) is 0.353. The number of aromatic nitrogens is 3. The van der Waals surface area contributed by atoms with E-state index in [1.54, 1.807) is 13.8 Å². The van der Waals surface area contributed by atoms with Gasteiger partial charge in [-0.25, -0.2) is 4.68 Å². The van der Waals surface area contributed by atoms with Gasteiger partial charge in [-0.05, 0) is 38.5 Å². The van der Waals surface area contributed by atoms with Gasteiger partial charge >= 0.3 is 6.18 Å². The van der Waals surface area contributed by atoms with Crippen molar-refractivity contribution in [1.29, 1.82) is 0 Å². The molecule has 0 saturated heterocycles. The first-order chi connectivity index (χ1) is 12.0. The molecule has 0 saturated carbocycles. The van der Waals surface area contributed by atoms with Crippen LogP contribution in [0.25, 0.3) is 10.9 Å². The smallest absolute Gasteiger partial charge is 0.384 e. The number of rotatable bonds is 3. The SMILES string of the molecule is Cc1nn(CC(C)(O)c2cccc(C(F)(F)F)c2)c(=O)c2noc(C)c12. The van der Waals surface area contributed by atoms with Crippen molar-refractivity contribution in [3.05, 3.63) is 57.2 Å². The Bertz CT molecular complexity index is 1040. The zero-order valence-corrected chi connectivity index (χ0v) is 14.3. The lowest BCUT2D eigenvalue weighted by Gasteiger charge is -2.25. The van der Waals surface area contributed by atoms with Gasteiger partial charge in [0.25, 0.3) is 5.56 Å². The van der Waals surface area contributed by atoms with Crippen LogP contribution in [0.2, 0.25) is 0 Å². The largest absolute Gasteiger partial charge is 0.416 e. The Morgan fingerprint density at radius 3 is 2.54 bits per heavy atom. The molecule has 138 valence electrons. The van der Waals surface area contributed by atoms with Crippen molar-refractivity contribution in [1.82, 2.24) is 14.9 Å². The molecular formula is C17H16F3N3O3. The van der Waals surface area contributed by atoms with E-state index in [9.17, 15) is 23.1 Å². The highest BCUT2D eigenvalue weighted by molar-refractivity contribution is 5.81. The predicted octanol–water partition coefficient (Wildman–Crippen LogP) is 2.93. The minimum absolute atomic E-state index is 0.0232. The Morgan fingerprint density at radius 2 is 1.88 bits per heavy atom. The van der Waals surface area contributed by atoms with Crippen LogP contribution in [0.4, 0.5) is 13.2 Å². The molecule has 0 spiro atoms. The van der Waals surface area contributed by atoms with Gasteiger partial charge in [-0.3, -0.25) is 4.79 Å². The van der Waals surface area contributed by atoms with Crippen LogP contribution in [-0.2, 0) is 18.3 Å². The average molecular weight is 367 g/mol. The van der Waals surface area contributed by atoms with Gasteiger partial charge in [-0.1, -0.05) is 17.3 Å². The van der Waals surface area contributed by atoms with Crippen LogP contribution in [0.15, 0.2) is 33.6 Å². The van der Waals surface area contributed by atoms with Crippen molar-refractivity contribution in [3.63, 3.8) is 0 Å². The average Bonchev–Trinajstić information content (AvgIpc) is 2.94. The third-order valence-electron chi connectivity index (χ3n) is 4.20. The number of benzene rings is 1. The van der Waals surface area contributed by atoms with Crippen LogP contribution in [0.3, 0.4) is 0 Å². The maximum Gasteiger partial charge on any atom is 0.416 e. The van der Waals surface area contributed by atoms with Crippen LogP contribution in [0.5, 0.6) is 0 Å². The van der Waals surface area contributed by atoms with Gasteiger partial charge in [0.2, 0.25) is 0 Å². The number of alkyl halides is 3. The van der Waals surface area contributed by atoms with Crippen molar-refractivity contribution in [3.8, 4) is 0 Å². The summed E-state index contributed by atoms with van der Waals surface area (Å²) in [6.07, 6.45) is -4.53. The zero-order chi connectivity index (χ0) is 19.3. The summed E-state index contributed by atoms with van der Waals surface area (Å²) in [5.41, 5.74) is -2.66. The second kappa shape index (κ2) is 5.94. The summed E-state index contributed by atoms with van der Waals surface area (Å²) in [5.74, 6) is 0.443. The lowest BCUT2D eigenvalue weighted by Crippen LogP contribution is -2.35. The summed E-state index contributed by atoms with van der Waals surface area (Å²) >= 11 is 0. The molecule has 0 aliphatic carbocycles. The van der Waals surface area contributed by atoms with E-state index in [0.717, 1.165) is 16.8 Å². The molecule has 9 heteroatoms. The molecule has 2 aromatic heterocycles.